The number of hydrogen-bond donors (Lipinski definition) is 1. The number of carbonyl (C=O) groups excluding carboxylic acids is 1. The first-order valence-corrected chi connectivity index (χ1v) is 4.80. The molecule has 4 heteroatoms. The molecule has 1 aromatic rings. The second kappa shape index (κ2) is 3.81. The molecule has 1 aliphatic heterocycles. The van der Waals surface area contributed by atoms with Gasteiger partial charge in [-0.05, 0) is 18.6 Å². The predicted octanol–water partition coefficient (Wildman–Crippen LogP) is 1.59. The lowest BCUT2D eigenvalue weighted by Gasteiger charge is -2.20. The van der Waals surface area contributed by atoms with Crippen molar-refractivity contribution in [2.24, 2.45) is 0 Å². The van der Waals surface area contributed by atoms with Crippen molar-refractivity contribution in [1.29, 1.82) is 0 Å². The molecule has 0 radical (unpaired) electrons. The molecule has 0 fully saturated rings. The van der Waals surface area contributed by atoms with Crippen molar-refractivity contribution in [3.05, 3.63) is 17.7 Å². The number of fused-ring (bicyclic) bond motifs is 1. The van der Waals surface area contributed by atoms with Crippen LogP contribution in [0.1, 0.15) is 12.0 Å². The standard InChI is InChI=1S/C11H13NO3/c1-14-9-5-4-8-7(11(9)15-2)3-6-10(13)12-8/h4-5H,3,6H2,1-2H3,(H,12,13). The Labute approximate surface area is 88.2 Å². The molecule has 0 saturated carbocycles. The molecule has 0 bridgehead atoms. The summed E-state index contributed by atoms with van der Waals surface area (Å²) in [5.41, 5.74) is 1.83. The third-order valence-electron chi connectivity index (χ3n) is 2.52. The monoisotopic (exact) mass is 207 g/mol. The minimum atomic E-state index is 0.0507. The molecule has 0 unspecified atom stereocenters. The summed E-state index contributed by atoms with van der Waals surface area (Å²) in [5, 5.41) is 2.81. The molecule has 2 rings (SSSR count). The Balaban J connectivity index is 2.50. The van der Waals surface area contributed by atoms with Gasteiger partial charge in [0.15, 0.2) is 11.5 Å². The number of hydrogen-bond acceptors (Lipinski definition) is 3. The smallest absolute Gasteiger partial charge is 0.224 e. The molecule has 0 spiro atoms. The van der Waals surface area contributed by atoms with E-state index in [1.54, 1.807) is 20.3 Å². The Morgan fingerprint density at radius 2 is 2.00 bits per heavy atom. The first-order chi connectivity index (χ1) is 7.26. The van der Waals surface area contributed by atoms with E-state index in [9.17, 15) is 4.79 Å². The van der Waals surface area contributed by atoms with Crippen molar-refractivity contribution in [2.45, 2.75) is 12.8 Å². The Kier molecular flexibility index (Phi) is 2.49. The summed E-state index contributed by atoms with van der Waals surface area (Å²) in [6.45, 7) is 0. The van der Waals surface area contributed by atoms with Crippen LogP contribution >= 0.6 is 0 Å². The SMILES string of the molecule is COc1ccc2c(c1OC)CCC(=O)N2. The van der Waals surface area contributed by atoms with Crippen molar-refractivity contribution in [1.82, 2.24) is 0 Å². The second-order valence-electron chi connectivity index (χ2n) is 3.38. The average molecular weight is 207 g/mol. The minimum absolute atomic E-state index is 0.0507. The molecule has 0 aromatic heterocycles. The summed E-state index contributed by atoms with van der Waals surface area (Å²) < 4.78 is 10.5. The zero-order valence-electron chi connectivity index (χ0n) is 8.79. The Morgan fingerprint density at radius 1 is 1.20 bits per heavy atom. The number of anilines is 1. The molecule has 1 heterocycles. The van der Waals surface area contributed by atoms with Crippen molar-refractivity contribution in [3.63, 3.8) is 0 Å². The fourth-order valence-corrected chi connectivity index (χ4v) is 1.81. The number of carbonyl (C=O) groups is 1. The van der Waals surface area contributed by atoms with Crippen LogP contribution in [0.3, 0.4) is 0 Å². The van der Waals surface area contributed by atoms with Crippen LogP contribution in [0, 0.1) is 0 Å². The molecule has 0 atom stereocenters. The first kappa shape index (κ1) is 9.83. The van der Waals surface area contributed by atoms with E-state index in [0.717, 1.165) is 17.0 Å². The number of rotatable bonds is 2. The van der Waals surface area contributed by atoms with E-state index in [2.05, 4.69) is 5.32 Å². The lowest BCUT2D eigenvalue weighted by atomic mass is 10.0. The van der Waals surface area contributed by atoms with E-state index in [1.807, 2.05) is 6.07 Å². The van der Waals surface area contributed by atoms with Gasteiger partial charge in [-0.3, -0.25) is 4.79 Å². The van der Waals surface area contributed by atoms with Crippen LogP contribution in [-0.2, 0) is 11.2 Å². The summed E-state index contributed by atoms with van der Waals surface area (Å²) in [4.78, 5) is 11.2. The highest BCUT2D eigenvalue weighted by atomic mass is 16.5. The highest BCUT2D eigenvalue weighted by Gasteiger charge is 2.20. The van der Waals surface area contributed by atoms with Gasteiger partial charge in [-0.2, -0.15) is 0 Å². The second-order valence-corrected chi connectivity index (χ2v) is 3.38. The third kappa shape index (κ3) is 1.63. The molecule has 15 heavy (non-hydrogen) atoms. The molecule has 1 N–H and O–H groups in total. The topological polar surface area (TPSA) is 47.6 Å². The third-order valence-corrected chi connectivity index (χ3v) is 2.52. The molecular weight excluding hydrogens is 194 g/mol. The van der Waals surface area contributed by atoms with Gasteiger partial charge in [-0.25, -0.2) is 0 Å². The van der Waals surface area contributed by atoms with Crippen molar-refractivity contribution < 1.29 is 14.3 Å². The van der Waals surface area contributed by atoms with Gasteiger partial charge < -0.3 is 14.8 Å². The van der Waals surface area contributed by atoms with E-state index in [-0.39, 0.29) is 5.91 Å². The average Bonchev–Trinajstić information content (AvgIpc) is 2.27. The van der Waals surface area contributed by atoms with Gasteiger partial charge in [-0.1, -0.05) is 0 Å². The molecule has 0 aliphatic carbocycles. The van der Waals surface area contributed by atoms with E-state index >= 15 is 0 Å². The first-order valence-electron chi connectivity index (χ1n) is 4.80. The normalized spacial score (nSPS) is 14.1. The largest absolute Gasteiger partial charge is 0.493 e. The number of methoxy groups -OCH3 is 2. The number of benzene rings is 1. The quantitative estimate of drug-likeness (QED) is 0.801. The van der Waals surface area contributed by atoms with Crippen LogP contribution in [0.25, 0.3) is 0 Å². The fraction of sp³-hybridized carbons (Fsp3) is 0.364. The van der Waals surface area contributed by atoms with Crippen molar-refractivity contribution in [3.8, 4) is 11.5 Å². The van der Waals surface area contributed by atoms with Crippen molar-refractivity contribution in [2.75, 3.05) is 19.5 Å². The van der Waals surface area contributed by atoms with Crippen LogP contribution in [0.5, 0.6) is 11.5 Å². The van der Waals surface area contributed by atoms with Crippen LogP contribution in [0.15, 0.2) is 12.1 Å². The zero-order valence-corrected chi connectivity index (χ0v) is 8.79. The lowest BCUT2D eigenvalue weighted by Crippen LogP contribution is -2.19. The van der Waals surface area contributed by atoms with Crippen LogP contribution in [0.4, 0.5) is 5.69 Å². The van der Waals surface area contributed by atoms with Gasteiger partial charge in [0, 0.05) is 17.7 Å². The van der Waals surface area contributed by atoms with Crippen LogP contribution < -0.4 is 14.8 Å². The lowest BCUT2D eigenvalue weighted by molar-refractivity contribution is -0.116. The fourth-order valence-electron chi connectivity index (χ4n) is 1.81. The van der Waals surface area contributed by atoms with Gasteiger partial charge in [0.25, 0.3) is 0 Å². The van der Waals surface area contributed by atoms with Crippen LogP contribution in [-0.4, -0.2) is 20.1 Å². The Morgan fingerprint density at radius 3 is 2.67 bits per heavy atom. The number of nitrogens with one attached hydrogen (secondary N) is 1. The molecule has 1 aromatic carbocycles. The molecular formula is C11H13NO3. The van der Waals surface area contributed by atoms with Gasteiger partial charge in [0.05, 0.1) is 14.2 Å². The summed E-state index contributed by atoms with van der Waals surface area (Å²) in [5.74, 6) is 1.47. The summed E-state index contributed by atoms with van der Waals surface area (Å²) >= 11 is 0. The van der Waals surface area contributed by atoms with Gasteiger partial charge in [0.2, 0.25) is 5.91 Å². The van der Waals surface area contributed by atoms with E-state index in [4.69, 9.17) is 9.47 Å². The van der Waals surface area contributed by atoms with E-state index in [1.165, 1.54) is 0 Å². The Bertz CT molecular complexity index is 401. The highest BCUT2D eigenvalue weighted by Crippen LogP contribution is 2.38. The minimum Gasteiger partial charge on any atom is -0.493 e. The summed E-state index contributed by atoms with van der Waals surface area (Å²) in [6, 6.07) is 3.64. The maximum Gasteiger partial charge on any atom is 0.224 e. The number of amides is 1. The molecule has 1 amide bonds. The van der Waals surface area contributed by atoms with Gasteiger partial charge >= 0.3 is 0 Å². The van der Waals surface area contributed by atoms with Crippen LogP contribution in [0.2, 0.25) is 0 Å². The molecule has 1 aliphatic rings. The zero-order chi connectivity index (χ0) is 10.8. The maximum absolute atomic E-state index is 11.2. The number of ether oxygens (including phenoxy) is 2. The molecule has 0 saturated heterocycles. The Hall–Kier alpha value is -1.71. The molecule has 80 valence electrons. The summed E-state index contributed by atoms with van der Waals surface area (Å²) in [6.07, 6.45) is 1.19. The van der Waals surface area contributed by atoms with Gasteiger partial charge in [-0.15, -0.1) is 0 Å². The molecule has 4 nitrogen and oxygen atoms in total. The van der Waals surface area contributed by atoms with Crippen molar-refractivity contribution >= 4 is 11.6 Å². The van der Waals surface area contributed by atoms with E-state index < -0.39 is 0 Å². The van der Waals surface area contributed by atoms with Gasteiger partial charge in [0.1, 0.15) is 0 Å². The highest BCUT2D eigenvalue weighted by molar-refractivity contribution is 5.94. The maximum atomic E-state index is 11.2. The van der Waals surface area contributed by atoms with E-state index in [0.29, 0.717) is 18.6 Å². The predicted molar refractivity (Wildman–Crippen MR) is 56.5 cm³/mol. The summed E-state index contributed by atoms with van der Waals surface area (Å²) in [7, 11) is 3.21.